The molecule has 0 saturated carbocycles. The molecule has 0 amide bonds. The van der Waals surface area contributed by atoms with E-state index in [0.29, 0.717) is 17.7 Å². The van der Waals surface area contributed by atoms with Crippen LogP contribution in [0.5, 0.6) is 0 Å². The molecule has 3 heteroatoms. The first kappa shape index (κ1) is 10.5. The highest BCUT2D eigenvalue weighted by molar-refractivity contribution is 5.83. The van der Waals surface area contributed by atoms with Gasteiger partial charge in [-0.05, 0) is 24.4 Å². The fourth-order valence-corrected chi connectivity index (χ4v) is 1.75. The van der Waals surface area contributed by atoms with Gasteiger partial charge in [-0.2, -0.15) is 0 Å². The summed E-state index contributed by atoms with van der Waals surface area (Å²) in [5, 5.41) is 1.57. The standard InChI is InChI=1S/C13H14N2O/c1-9(2)8-15-12(14)7-10-5-3-4-6-11(10)13(15)16/h3-7H,1,8,14H2,2H3. The van der Waals surface area contributed by atoms with E-state index in [1.54, 1.807) is 4.57 Å². The van der Waals surface area contributed by atoms with Crippen LogP contribution in [-0.2, 0) is 6.54 Å². The second-order valence-electron chi connectivity index (χ2n) is 4.00. The normalized spacial score (nSPS) is 10.6. The Morgan fingerprint density at radius 2 is 2.12 bits per heavy atom. The average Bonchev–Trinajstić information content (AvgIpc) is 2.24. The van der Waals surface area contributed by atoms with Crippen LogP contribution in [0.15, 0.2) is 47.3 Å². The molecule has 0 saturated heterocycles. The van der Waals surface area contributed by atoms with Crippen molar-refractivity contribution in [3.63, 3.8) is 0 Å². The number of pyridine rings is 1. The number of aromatic nitrogens is 1. The Balaban J connectivity index is 2.76. The number of hydrogen-bond acceptors (Lipinski definition) is 2. The minimum absolute atomic E-state index is 0.0569. The minimum Gasteiger partial charge on any atom is -0.385 e. The van der Waals surface area contributed by atoms with Gasteiger partial charge in [0, 0.05) is 11.9 Å². The quantitative estimate of drug-likeness (QED) is 0.779. The van der Waals surface area contributed by atoms with Gasteiger partial charge < -0.3 is 5.73 Å². The monoisotopic (exact) mass is 214 g/mol. The lowest BCUT2D eigenvalue weighted by molar-refractivity contribution is 0.769. The number of rotatable bonds is 2. The Hall–Kier alpha value is -2.03. The molecule has 0 radical (unpaired) electrons. The van der Waals surface area contributed by atoms with Crippen LogP contribution in [0.1, 0.15) is 6.92 Å². The van der Waals surface area contributed by atoms with Gasteiger partial charge in [0.05, 0.1) is 0 Å². The van der Waals surface area contributed by atoms with Crippen LogP contribution >= 0.6 is 0 Å². The van der Waals surface area contributed by atoms with E-state index in [1.165, 1.54) is 0 Å². The first-order chi connectivity index (χ1) is 7.59. The Labute approximate surface area is 93.8 Å². The number of benzene rings is 1. The average molecular weight is 214 g/mol. The molecule has 1 aromatic carbocycles. The van der Waals surface area contributed by atoms with Crippen LogP contribution < -0.4 is 11.3 Å². The van der Waals surface area contributed by atoms with Crippen molar-refractivity contribution in [2.45, 2.75) is 13.5 Å². The molecule has 0 unspecified atom stereocenters. The second-order valence-corrected chi connectivity index (χ2v) is 4.00. The zero-order chi connectivity index (χ0) is 11.7. The molecule has 0 spiro atoms. The number of fused-ring (bicyclic) bond motifs is 1. The van der Waals surface area contributed by atoms with Gasteiger partial charge in [0.2, 0.25) is 0 Å². The molecule has 1 aromatic heterocycles. The van der Waals surface area contributed by atoms with E-state index in [9.17, 15) is 4.79 Å². The number of hydrogen-bond donors (Lipinski definition) is 1. The SMILES string of the molecule is C=C(C)Cn1c(N)cc2ccccc2c1=O. The third-order valence-electron chi connectivity index (χ3n) is 2.48. The van der Waals surface area contributed by atoms with E-state index >= 15 is 0 Å². The summed E-state index contributed by atoms with van der Waals surface area (Å²) in [4.78, 5) is 12.1. The molecule has 0 aliphatic heterocycles. The van der Waals surface area contributed by atoms with E-state index in [1.807, 2.05) is 37.3 Å². The summed E-state index contributed by atoms with van der Waals surface area (Å²) in [6, 6.07) is 9.26. The van der Waals surface area contributed by atoms with Crippen LogP contribution in [0.4, 0.5) is 5.82 Å². The predicted molar refractivity (Wildman–Crippen MR) is 67.4 cm³/mol. The van der Waals surface area contributed by atoms with Gasteiger partial charge in [-0.25, -0.2) is 0 Å². The van der Waals surface area contributed by atoms with Gasteiger partial charge in [0.25, 0.3) is 5.56 Å². The summed E-state index contributed by atoms with van der Waals surface area (Å²) in [5.41, 5.74) is 6.71. The highest BCUT2D eigenvalue weighted by Crippen LogP contribution is 2.13. The molecule has 0 fully saturated rings. The molecule has 2 aromatic rings. The maximum atomic E-state index is 12.1. The summed E-state index contributed by atoms with van der Waals surface area (Å²) < 4.78 is 1.55. The zero-order valence-electron chi connectivity index (χ0n) is 9.23. The van der Waals surface area contributed by atoms with Crippen molar-refractivity contribution in [1.29, 1.82) is 0 Å². The molecular formula is C13H14N2O. The van der Waals surface area contributed by atoms with Gasteiger partial charge >= 0.3 is 0 Å². The molecule has 2 N–H and O–H groups in total. The van der Waals surface area contributed by atoms with Gasteiger partial charge in [-0.3, -0.25) is 9.36 Å². The minimum atomic E-state index is -0.0569. The maximum absolute atomic E-state index is 12.1. The Bertz CT molecular complexity index is 611. The number of nitrogen functional groups attached to an aromatic ring is 1. The van der Waals surface area contributed by atoms with Crippen molar-refractivity contribution >= 4 is 16.6 Å². The van der Waals surface area contributed by atoms with Crippen molar-refractivity contribution in [2.24, 2.45) is 0 Å². The molecule has 0 aliphatic rings. The smallest absolute Gasteiger partial charge is 0.260 e. The van der Waals surface area contributed by atoms with Crippen molar-refractivity contribution in [1.82, 2.24) is 4.57 Å². The Kier molecular flexibility index (Phi) is 2.52. The molecule has 0 bridgehead atoms. The van der Waals surface area contributed by atoms with Gasteiger partial charge in [-0.15, -0.1) is 0 Å². The number of nitrogens with zero attached hydrogens (tertiary/aromatic N) is 1. The molecule has 16 heavy (non-hydrogen) atoms. The molecule has 2 rings (SSSR count). The van der Waals surface area contributed by atoms with Crippen LogP contribution in [0.25, 0.3) is 10.8 Å². The second kappa shape index (κ2) is 3.85. The van der Waals surface area contributed by atoms with Crippen LogP contribution in [0.2, 0.25) is 0 Å². The fourth-order valence-electron chi connectivity index (χ4n) is 1.75. The fraction of sp³-hybridized carbons (Fsp3) is 0.154. The van der Waals surface area contributed by atoms with Crippen LogP contribution in [0.3, 0.4) is 0 Å². The van der Waals surface area contributed by atoms with E-state index in [-0.39, 0.29) is 5.56 Å². The predicted octanol–water partition coefficient (Wildman–Crippen LogP) is 2.16. The maximum Gasteiger partial charge on any atom is 0.260 e. The third-order valence-corrected chi connectivity index (χ3v) is 2.48. The molecule has 3 nitrogen and oxygen atoms in total. The van der Waals surface area contributed by atoms with Gasteiger partial charge in [0.15, 0.2) is 0 Å². The van der Waals surface area contributed by atoms with Gasteiger partial charge in [0.1, 0.15) is 5.82 Å². The summed E-state index contributed by atoms with van der Waals surface area (Å²) in [6.07, 6.45) is 0. The Morgan fingerprint density at radius 3 is 2.81 bits per heavy atom. The summed E-state index contributed by atoms with van der Waals surface area (Å²) in [6.45, 7) is 6.14. The summed E-state index contributed by atoms with van der Waals surface area (Å²) in [5.74, 6) is 0.478. The molecular weight excluding hydrogens is 200 g/mol. The van der Waals surface area contributed by atoms with Crippen molar-refractivity contribution in [2.75, 3.05) is 5.73 Å². The largest absolute Gasteiger partial charge is 0.385 e. The number of allylic oxidation sites excluding steroid dienone is 1. The number of nitrogens with two attached hydrogens (primary N) is 1. The third kappa shape index (κ3) is 1.72. The van der Waals surface area contributed by atoms with Crippen LogP contribution in [0, 0.1) is 0 Å². The summed E-state index contributed by atoms with van der Waals surface area (Å²) in [7, 11) is 0. The molecule has 82 valence electrons. The van der Waals surface area contributed by atoms with E-state index in [4.69, 9.17) is 5.73 Å². The van der Waals surface area contributed by atoms with Crippen molar-refractivity contribution < 1.29 is 0 Å². The number of anilines is 1. The van der Waals surface area contributed by atoms with Gasteiger partial charge in [-0.1, -0.05) is 30.4 Å². The van der Waals surface area contributed by atoms with E-state index in [2.05, 4.69) is 6.58 Å². The molecule has 0 atom stereocenters. The lowest BCUT2D eigenvalue weighted by Crippen LogP contribution is -2.23. The first-order valence-electron chi connectivity index (χ1n) is 5.12. The highest BCUT2D eigenvalue weighted by Gasteiger charge is 2.06. The summed E-state index contributed by atoms with van der Waals surface area (Å²) >= 11 is 0. The van der Waals surface area contributed by atoms with Crippen molar-refractivity contribution in [3.05, 3.63) is 52.8 Å². The molecule has 1 heterocycles. The first-order valence-corrected chi connectivity index (χ1v) is 5.12. The van der Waals surface area contributed by atoms with Crippen LogP contribution in [-0.4, -0.2) is 4.57 Å². The lowest BCUT2D eigenvalue weighted by atomic mass is 10.1. The lowest BCUT2D eigenvalue weighted by Gasteiger charge is -2.10. The Morgan fingerprint density at radius 1 is 1.44 bits per heavy atom. The molecule has 0 aliphatic carbocycles. The topological polar surface area (TPSA) is 48.0 Å². The van der Waals surface area contributed by atoms with E-state index in [0.717, 1.165) is 11.0 Å². The zero-order valence-corrected chi connectivity index (χ0v) is 9.23. The highest BCUT2D eigenvalue weighted by atomic mass is 16.1. The van der Waals surface area contributed by atoms with E-state index < -0.39 is 0 Å². The van der Waals surface area contributed by atoms with Crippen molar-refractivity contribution in [3.8, 4) is 0 Å².